The number of rotatable bonds is 6. The van der Waals surface area contributed by atoms with Crippen LogP contribution in [0.3, 0.4) is 0 Å². The first kappa shape index (κ1) is 20.7. The minimum absolute atomic E-state index is 0.00477. The maximum atomic E-state index is 13.2. The summed E-state index contributed by atoms with van der Waals surface area (Å²) in [6.07, 6.45) is -3.02. The Kier molecular flexibility index (Phi) is 5.27. The third-order valence-corrected chi connectivity index (χ3v) is 5.51. The highest BCUT2D eigenvalue weighted by Gasteiger charge is 2.33. The second-order valence-corrected chi connectivity index (χ2v) is 7.39. The third-order valence-electron chi connectivity index (χ3n) is 4.46. The molecule has 0 fully saturated rings. The Balaban J connectivity index is 1.68. The number of ether oxygens (including phenoxy) is 2. The largest absolute Gasteiger partial charge is 0.497 e. The lowest BCUT2D eigenvalue weighted by molar-refractivity contribution is -0.138. The molecule has 0 atom stereocenters. The zero-order valence-electron chi connectivity index (χ0n) is 16.0. The van der Waals surface area contributed by atoms with Gasteiger partial charge in [-0.1, -0.05) is 29.5 Å². The van der Waals surface area contributed by atoms with E-state index in [1.807, 2.05) is 0 Å². The Bertz CT molecular complexity index is 1270. The number of amides is 1. The number of primary amides is 1. The summed E-state index contributed by atoms with van der Waals surface area (Å²) in [5.74, 6) is -0.309. The van der Waals surface area contributed by atoms with Crippen molar-refractivity contribution in [1.29, 1.82) is 0 Å². The molecule has 0 spiro atoms. The zero-order chi connectivity index (χ0) is 22.2. The van der Waals surface area contributed by atoms with Crippen LogP contribution in [-0.2, 0) is 12.8 Å². The van der Waals surface area contributed by atoms with Crippen LogP contribution >= 0.6 is 11.3 Å². The first-order valence-electron chi connectivity index (χ1n) is 8.88. The van der Waals surface area contributed by atoms with E-state index in [0.717, 1.165) is 17.4 Å². The second kappa shape index (κ2) is 7.91. The Morgan fingerprint density at radius 3 is 2.71 bits per heavy atom. The van der Waals surface area contributed by atoms with Gasteiger partial charge in [0.15, 0.2) is 10.0 Å². The van der Waals surface area contributed by atoms with Gasteiger partial charge in [-0.25, -0.2) is 4.98 Å². The number of fused-ring (bicyclic) bond motifs is 1. The standard InChI is InChI=1S/C20H15F3N4O3S/c1-29-12-6-7-15-14(8-12)25-10-27(15)19-26-18(16(31-19)17(24)28)30-9-11-4-2-3-5-13(11)20(21,22)23/h2-8,10H,9H2,1H3,(H2,24,28). The predicted octanol–water partition coefficient (Wildman–Crippen LogP) is 4.19. The molecule has 2 heterocycles. The van der Waals surface area contributed by atoms with Crippen molar-refractivity contribution in [2.75, 3.05) is 7.11 Å². The van der Waals surface area contributed by atoms with E-state index in [4.69, 9.17) is 15.2 Å². The van der Waals surface area contributed by atoms with Crippen LogP contribution in [0.1, 0.15) is 20.8 Å². The van der Waals surface area contributed by atoms with Crippen LogP contribution in [0.15, 0.2) is 48.8 Å². The summed E-state index contributed by atoms with van der Waals surface area (Å²) in [5.41, 5.74) is 5.86. The number of hydrogen-bond acceptors (Lipinski definition) is 6. The zero-order valence-corrected chi connectivity index (χ0v) is 16.8. The predicted molar refractivity (Wildman–Crippen MR) is 108 cm³/mol. The van der Waals surface area contributed by atoms with Crippen LogP contribution in [-0.4, -0.2) is 27.6 Å². The molecular formula is C20H15F3N4O3S. The molecule has 4 aromatic rings. The number of alkyl halides is 3. The molecule has 1 amide bonds. The molecule has 160 valence electrons. The van der Waals surface area contributed by atoms with Crippen molar-refractivity contribution in [2.45, 2.75) is 12.8 Å². The van der Waals surface area contributed by atoms with Gasteiger partial charge in [-0.2, -0.15) is 18.2 Å². The molecule has 2 N–H and O–H groups in total. The Morgan fingerprint density at radius 2 is 2.00 bits per heavy atom. The average Bonchev–Trinajstić information content (AvgIpc) is 3.35. The quantitative estimate of drug-likeness (QED) is 0.478. The molecule has 0 aliphatic carbocycles. The molecule has 0 aliphatic rings. The summed E-state index contributed by atoms with van der Waals surface area (Å²) in [6.45, 7) is -0.430. The molecule has 7 nitrogen and oxygen atoms in total. The van der Waals surface area contributed by atoms with Gasteiger partial charge in [-0.15, -0.1) is 0 Å². The number of halogens is 3. The van der Waals surface area contributed by atoms with Crippen LogP contribution in [0.25, 0.3) is 16.2 Å². The number of imidazole rings is 1. The minimum Gasteiger partial charge on any atom is -0.497 e. The number of carbonyl (C=O) groups is 1. The molecular weight excluding hydrogens is 433 g/mol. The maximum absolute atomic E-state index is 13.2. The van der Waals surface area contributed by atoms with Gasteiger partial charge >= 0.3 is 6.18 Å². The van der Waals surface area contributed by atoms with Gasteiger partial charge in [0, 0.05) is 11.6 Å². The number of hydrogen-bond donors (Lipinski definition) is 1. The lowest BCUT2D eigenvalue weighted by Gasteiger charge is -2.12. The maximum Gasteiger partial charge on any atom is 0.416 e. The van der Waals surface area contributed by atoms with Gasteiger partial charge in [-0.05, 0) is 18.2 Å². The number of thiazole rings is 1. The molecule has 0 saturated heterocycles. The van der Waals surface area contributed by atoms with Crippen molar-refractivity contribution in [3.05, 3.63) is 64.8 Å². The van der Waals surface area contributed by atoms with E-state index >= 15 is 0 Å². The molecule has 2 aromatic heterocycles. The molecule has 0 bridgehead atoms. The number of nitrogens with zero attached hydrogens (tertiary/aromatic N) is 3. The molecule has 0 unspecified atom stereocenters. The second-order valence-electron chi connectivity index (χ2n) is 6.41. The summed E-state index contributed by atoms with van der Waals surface area (Å²) in [4.78, 5) is 20.4. The van der Waals surface area contributed by atoms with E-state index in [1.54, 1.807) is 29.9 Å². The summed E-state index contributed by atoms with van der Waals surface area (Å²) in [5, 5.41) is 0.334. The van der Waals surface area contributed by atoms with Gasteiger partial charge in [0.25, 0.3) is 5.91 Å². The van der Waals surface area contributed by atoms with E-state index in [0.29, 0.717) is 21.9 Å². The van der Waals surface area contributed by atoms with E-state index < -0.39 is 24.3 Å². The van der Waals surface area contributed by atoms with Gasteiger partial charge in [0.05, 0.1) is 23.7 Å². The molecule has 0 saturated carbocycles. The molecule has 4 rings (SSSR count). The van der Waals surface area contributed by atoms with E-state index in [2.05, 4.69) is 9.97 Å². The number of nitrogens with two attached hydrogens (primary N) is 1. The van der Waals surface area contributed by atoms with Gasteiger partial charge in [0.2, 0.25) is 5.88 Å². The number of carbonyl (C=O) groups excluding carboxylic acids is 1. The van der Waals surface area contributed by atoms with Crippen LogP contribution in [0.4, 0.5) is 13.2 Å². The summed E-state index contributed by atoms with van der Waals surface area (Å²) < 4.78 is 51.9. The minimum atomic E-state index is -4.53. The normalized spacial score (nSPS) is 11.6. The molecule has 31 heavy (non-hydrogen) atoms. The lowest BCUT2D eigenvalue weighted by atomic mass is 10.1. The number of benzene rings is 2. The summed E-state index contributed by atoms with van der Waals surface area (Å²) >= 11 is 0.954. The fourth-order valence-electron chi connectivity index (χ4n) is 2.99. The van der Waals surface area contributed by atoms with Crippen LogP contribution in [0.5, 0.6) is 11.6 Å². The van der Waals surface area contributed by atoms with Crippen LogP contribution < -0.4 is 15.2 Å². The van der Waals surface area contributed by atoms with Gasteiger partial charge < -0.3 is 15.2 Å². The topological polar surface area (TPSA) is 92.3 Å². The smallest absolute Gasteiger partial charge is 0.416 e. The van der Waals surface area contributed by atoms with Crippen molar-refractivity contribution in [2.24, 2.45) is 5.73 Å². The highest BCUT2D eigenvalue weighted by molar-refractivity contribution is 7.16. The van der Waals surface area contributed by atoms with Crippen molar-refractivity contribution >= 4 is 28.3 Å². The number of methoxy groups -OCH3 is 1. The highest BCUT2D eigenvalue weighted by Crippen LogP contribution is 2.34. The molecule has 0 aliphatic heterocycles. The third kappa shape index (κ3) is 4.04. The monoisotopic (exact) mass is 448 g/mol. The Hall–Kier alpha value is -3.60. The fraction of sp³-hybridized carbons (Fsp3) is 0.150. The first-order chi connectivity index (χ1) is 14.8. The van der Waals surface area contributed by atoms with Gasteiger partial charge in [0.1, 0.15) is 18.7 Å². The SMILES string of the molecule is COc1ccc2c(c1)ncn2-c1nc(OCc2ccccc2C(F)(F)F)c(C(N)=O)s1. The highest BCUT2D eigenvalue weighted by atomic mass is 32.1. The van der Waals surface area contributed by atoms with Crippen molar-refractivity contribution in [3.63, 3.8) is 0 Å². The average molecular weight is 448 g/mol. The summed E-state index contributed by atoms with van der Waals surface area (Å²) in [6, 6.07) is 10.3. The van der Waals surface area contributed by atoms with E-state index in [1.165, 1.54) is 24.5 Å². The van der Waals surface area contributed by atoms with Crippen molar-refractivity contribution in [3.8, 4) is 16.8 Å². The Labute approximate surface area is 177 Å². The van der Waals surface area contributed by atoms with Gasteiger partial charge in [-0.3, -0.25) is 9.36 Å². The van der Waals surface area contributed by atoms with Crippen molar-refractivity contribution < 1.29 is 27.4 Å². The fourth-order valence-corrected chi connectivity index (χ4v) is 3.84. The van der Waals surface area contributed by atoms with Crippen LogP contribution in [0, 0.1) is 0 Å². The molecule has 11 heteroatoms. The first-order valence-corrected chi connectivity index (χ1v) is 9.69. The lowest BCUT2D eigenvalue weighted by Crippen LogP contribution is -2.13. The molecule has 0 radical (unpaired) electrons. The van der Waals surface area contributed by atoms with E-state index in [-0.39, 0.29) is 16.3 Å². The van der Waals surface area contributed by atoms with Crippen molar-refractivity contribution in [1.82, 2.24) is 14.5 Å². The number of aromatic nitrogens is 3. The molecule has 2 aromatic carbocycles. The summed E-state index contributed by atoms with van der Waals surface area (Å²) in [7, 11) is 1.54. The Morgan fingerprint density at radius 1 is 1.23 bits per heavy atom. The van der Waals surface area contributed by atoms with E-state index in [9.17, 15) is 18.0 Å². The van der Waals surface area contributed by atoms with Crippen LogP contribution in [0.2, 0.25) is 0 Å².